The van der Waals surface area contributed by atoms with E-state index in [0.29, 0.717) is 11.3 Å². The van der Waals surface area contributed by atoms with Gasteiger partial charge in [0, 0.05) is 24.9 Å². The van der Waals surface area contributed by atoms with Gasteiger partial charge in [0.05, 0.1) is 11.9 Å². The average Bonchev–Trinajstić information content (AvgIpc) is 2.03. The third-order valence-corrected chi connectivity index (χ3v) is 1.25. The summed E-state index contributed by atoms with van der Waals surface area (Å²) in [6, 6.07) is 1.68. The smallest absolute Gasteiger partial charge is 0.221 e. The zero-order chi connectivity index (χ0) is 8.97. The Kier molecular flexibility index (Phi) is 2.53. The molecule has 0 aliphatic carbocycles. The Morgan fingerprint density at radius 1 is 1.67 bits per heavy atom. The Balaban J connectivity index is 2.86. The fourth-order valence-electron chi connectivity index (χ4n) is 0.808. The number of anilines is 1. The molecule has 0 aliphatic heterocycles. The molecule has 0 fully saturated rings. The number of aromatic nitrogens is 1. The van der Waals surface area contributed by atoms with E-state index in [2.05, 4.69) is 10.3 Å². The molecule has 2 N–H and O–H groups in total. The number of rotatable bonds is 2. The highest BCUT2D eigenvalue weighted by atomic mass is 16.1. The third kappa shape index (κ3) is 2.16. The van der Waals surface area contributed by atoms with E-state index in [1.807, 2.05) is 0 Å². The number of carbonyl (C=O) groups excluding carboxylic acids is 1. The van der Waals surface area contributed by atoms with Crippen LogP contribution in [0.5, 0.6) is 0 Å². The molecular weight excluding hydrogens is 154 g/mol. The predicted octanol–water partition coefficient (Wildman–Crippen LogP) is 1.04. The van der Waals surface area contributed by atoms with Crippen molar-refractivity contribution in [3.05, 3.63) is 24.0 Å². The molecule has 0 saturated carbocycles. The summed E-state index contributed by atoms with van der Waals surface area (Å²) < 4.78 is 0. The first-order chi connectivity index (χ1) is 5.72. The number of nitrogens with one attached hydrogen (secondary N) is 2. The first kappa shape index (κ1) is 8.39. The number of amides is 1. The highest BCUT2D eigenvalue weighted by molar-refractivity contribution is 5.89. The van der Waals surface area contributed by atoms with E-state index in [1.54, 1.807) is 12.3 Å². The highest BCUT2D eigenvalue weighted by Crippen LogP contribution is 2.05. The molecule has 0 bridgehead atoms. The van der Waals surface area contributed by atoms with Crippen molar-refractivity contribution >= 4 is 17.8 Å². The molecule has 1 rings (SSSR count). The van der Waals surface area contributed by atoms with Crippen LogP contribution >= 0.6 is 0 Å². The van der Waals surface area contributed by atoms with Crippen LogP contribution in [-0.2, 0) is 4.79 Å². The molecule has 4 heteroatoms. The lowest BCUT2D eigenvalue weighted by Gasteiger charge is -2.00. The van der Waals surface area contributed by atoms with Crippen LogP contribution in [0.25, 0.3) is 0 Å². The number of nitrogens with zero attached hydrogens (tertiary/aromatic N) is 1. The zero-order valence-corrected chi connectivity index (χ0v) is 6.66. The number of pyridine rings is 1. The fraction of sp³-hybridized carbons (Fsp3) is 0.125. The summed E-state index contributed by atoms with van der Waals surface area (Å²) in [5.41, 5.74) is 1.28. The lowest BCUT2D eigenvalue weighted by molar-refractivity contribution is -0.114. The summed E-state index contributed by atoms with van der Waals surface area (Å²) in [6.45, 7) is 1.43. The molecule has 1 heterocycles. The van der Waals surface area contributed by atoms with Gasteiger partial charge >= 0.3 is 0 Å². The molecule has 4 nitrogen and oxygen atoms in total. The second-order valence-electron chi connectivity index (χ2n) is 2.33. The number of hydrogen-bond donors (Lipinski definition) is 2. The molecule has 0 saturated heterocycles. The molecule has 12 heavy (non-hydrogen) atoms. The monoisotopic (exact) mass is 163 g/mol. The molecule has 1 aromatic heterocycles. The van der Waals surface area contributed by atoms with Gasteiger partial charge in [0.2, 0.25) is 5.91 Å². The maximum absolute atomic E-state index is 10.6. The van der Waals surface area contributed by atoms with Crippen molar-refractivity contribution < 1.29 is 4.79 Å². The molecule has 0 spiro atoms. The van der Waals surface area contributed by atoms with Gasteiger partial charge in [-0.25, -0.2) is 0 Å². The highest BCUT2D eigenvalue weighted by Gasteiger charge is 1.95. The largest absolute Gasteiger partial charge is 0.325 e. The second-order valence-corrected chi connectivity index (χ2v) is 2.33. The fourth-order valence-corrected chi connectivity index (χ4v) is 0.808. The summed E-state index contributed by atoms with van der Waals surface area (Å²) in [5.74, 6) is -0.140. The number of hydrogen-bond acceptors (Lipinski definition) is 3. The van der Waals surface area contributed by atoms with Gasteiger partial charge in [0.25, 0.3) is 0 Å². The van der Waals surface area contributed by atoms with Gasteiger partial charge in [0.1, 0.15) is 0 Å². The summed E-state index contributed by atoms with van der Waals surface area (Å²) in [5, 5.41) is 9.52. The van der Waals surface area contributed by atoms with E-state index < -0.39 is 0 Å². The Hall–Kier alpha value is -1.71. The second kappa shape index (κ2) is 3.61. The van der Waals surface area contributed by atoms with Crippen LogP contribution in [0.3, 0.4) is 0 Å². The van der Waals surface area contributed by atoms with Crippen LogP contribution in [0.4, 0.5) is 5.69 Å². The molecule has 0 aromatic carbocycles. The van der Waals surface area contributed by atoms with Crippen molar-refractivity contribution in [2.24, 2.45) is 0 Å². The van der Waals surface area contributed by atoms with Crippen molar-refractivity contribution in [2.75, 3.05) is 5.32 Å². The topological polar surface area (TPSA) is 65.8 Å². The zero-order valence-electron chi connectivity index (χ0n) is 6.66. The normalized spacial score (nSPS) is 9.08. The lowest BCUT2D eigenvalue weighted by atomic mass is 10.3. The Bertz CT molecular complexity index is 309. The van der Waals surface area contributed by atoms with Crippen LogP contribution in [0.2, 0.25) is 0 Å². The molecule has 0 unspecified atom stereocenters. The molecule has 0 atom stereocenters. The summed E-state index contributed by atoms with van der Waals surface area (Å²) in [4.78, 5) is 14.5. The van der Waals surface area contributed by atoms with Crippen molar-refractivity contribution in [1.82, 2.24) is 4.98 Å². The summed E-state index contributed by atoms with van der Waals surface area (Å²) in [7, 11) is 0. The first-order valence-corrected chi connectivity index (χ1v) is 3.45. The van der Waals surface area contributed by atoms with Gasteiger partial charge in [-0.1, -0.05) is 0 Å². The van der Waals surface area contributed by atoms with Gasteiger partial charge in [0.15, 0.2) is 0 Å². The van der Waals surface area contributed by atoms with Crippen LogP contribution in [0, 0.1) is 5.41 Å². The van der Waals surface area contributed by atoms with Crippen molar-refractivity contribution in [3.8, 4) is 0 Å². The van der Waals surface area contributed by atoms with Crippen LogP contribution in [0.1, 0.15) is 12.5 Å². The van der Waals surface area contributed by atoms with E-state index in [4.69, 9.17) is 5.41 Å². The Labute approximate surface area is 70.1 Å². The van der Waals surface area contributed by atoms with Gasteiger partial charge in [-0.15, -0.1) is 0 Å². The molecule has 0 aliphatic rings. The van der Waals surface area contributed by atoms with Gasteiger partial charge in [-0.3, -0.25) is 9.78 Å². The maximum Gasteiger partial charge on any atom is 0.221 e. The van der Waals surface area contributed by atoms with Crippen molar-refractivity contribution in [1.29, 1.82) is 5.41 Å². The minimum atomic E-state index is -0.140. The average molecular weight is 163 g/mol. The standard InChI is InChI=1S/C8H9N3O/c1-6(12)11-8-2-7(3-9)4-10-5-8/h2-5,9H,1H3,(H,11,12). The summed E-state index contributed by atoms with van der Waals surface area (Å²) in [6.07, 6.45) is 4.27. The SMILES string of the molecule is CC(=O)Nc1cncc(C=N)c1. The van der Waals surface area contributed by atoms with Gasteiger partial charge in [-0.2, -0.15) is 0 Å². The molecule has 1 aromatic rings. The van der Waals surface area contributed by atoms with Gasteiger partial charge < -0.3 is 10.7 Å². The van der Waals surface area contributed by atoms with E-state index in [-0.39, 0.29) is 5.91 Å². The van der Waals surface area contributed by atoms with E-state index in [1.165, 1.54) is 19.3 Å². The van der Waals surface area contributed by atoms with Crippen molar-refractivity contribution in [3.63, 3.8) is 0 Å². The van der Waals surface area contributed by atoms with Crippen LogP contribution in [-0.4, -0.2) is 17.1 Å². The van der Waals surface area contributed by atoms with E-state index >= 15 is 0 Å². The lowest BCUT2D eigenvalue weighted by Crippen LogP contribution is -2.06. The first-order valence-electron chi connectivity index (χ1n) is 3.45. The van der Waals surface area contributed by atoms with Crippen LogP contribution < -0.4 is 5.32 Å². The minimum absolute atomic E-state index is 0.140. The van der Waals surface area contributed by atoms with Crippen LogP contribution in [0.15, 0.2) is 18.5 Å². The Morgan fingerprint density at radius 2 is 2.42 bits per heavy atom. The molecular formula is C8H9N3O. The van der Waals surface area contributed by atoms with E-state index in [0.717, 1.165) is 0 Å². The number of carbonyl (C=O) groups is 1. The minimum Gasteiger partial charge on any atom is -0.325 e. The maximum atomic E-state index is 10.6. The van der Waals surface area contributed by atoms with Gasteiger partial charge in [-0.05, 0) is 6.07 Å². The molecule has 1 amide bonds. The summed E-state index contributed by atoms with van der Waals surface area (Å²) >= 11 is 0. The molecule has 0 radical (unpaired) electrons. The Morgan fingerprint density at radius 3 is 3.00 bits per heavy atom. The van der Waals surface area contributed by atoms with Crippen molar-refractivity contribution in [2.45, 2.75) is 6.92 Å². The third-order valence-electron chi connectivity index (χ3n) is 1.25. The van der Waals surface area contributed by atoms with E-state index in [9.17, 15) is 4.79 Å². The molecule has 62 valence electrons. The quantitative estimate of drug-likeness (QED) is 0.639. The predicted molar refractivity (Wildman–Crippen MR) is 46.4 cm³/mol.